The van der Waals surface area contributed by atoms with E-state index in [-0.39, 0.29) is 17.9 Å². The molecule has 0 saturated carbocycles. The Bertz CT molecular complexity index is 1440. The molecular formula is C15H15N9O4S2. The molecule has 0 bridgehead atoms. The molecule has 0 amide bonds. The average Bonchev–Trinajstić information content (AvgIpc) is 3.37. The molecule has 156 valence electrons. The SMILES string of the molecule is NCCS(=O)(=O)c1ccc(-c2ccc3nncn3c2)c(-c2nnn[nH]2)c1S(N)(=O)=O. The maximum absolute atomic E-state index is 12.7. The molecule has 3 aromatic heterocycles. The first-order valence-corrected chi connectivity index (χ1v) is 11.6. The molecule has 0 aliphatic rings. The highest BCUT2D eigenvalue weighted by Gasteiger charge is 2.31. The molecule has 0 spiro atoms. The quantitative estimate of drug-likeness (QED) is 0.326. The van der Waals surface area contributed by atoms with E-state index in [4.69, 9.17) is 10.9 Å². The summed E-state index contributed by atoms with van der Waals surface area (Å²) in [7, 11) is -8.58. The van der Waals surface area contributed by atoms with E-state index in [1.165, 1.54) is 18.5 Å². The van der Waals surface area contributed by atoms with Crippen molar-refractivity contribution < 1.29 is 16.8 Å². The Labute approximate surface area is 170 Å². The molecule has 30 heavy (non-hydrogen) atoms. The summed E-state index contributed by atoms with van der Waals surface area (Å²) < 4.78 is 52.2. The highest BCUT2D eigenvalue weighted by Crippen LogP contribution is 2.38. The number of pyridine rings is 1. The van der Waals surface area contributed by atoms with Crippen LogP contribution in [0.15, 0.2) is 46.6 Å². The lowest BCUT2D eigenvalue weighted by Gasteiger charge is -2.16. The predicted octanol–water partition coefficient (Wildman–Crippen LogP) is -1.04. The Morgan fingerprint density at radius 2 is 1.87 bits per heavy atom. The van der Waals surface area contributed by atoms with Crippen molar-refractivity contribution in [3.05, 3.63) is 36.8 Å². The van der Waals surface area contributed by atoms with Crippen LogP contribution in [0.1, 0.15) is 0 Å². The molecule has 0 aliphatic heterocycles. The number of fused-ring (bicyclic) bond motifs is 1. The summed E-state index contributed by atoms with van der Waals surface area (Å²) in [5.74, 6) is -0.530. The number of primary sulfonamides is 1. The van der Waals surface area contributed by atoms with Gasteiger partial charge in [-0.15, -0.1) is 15.3 Å². The Balaban J connectivity index is 2.12. The molecule has 0 radical (unpaired) electrons. The maximum atomic E-state index is 12.7. The van der Waals surface area contributed by atoms with Crippen molar-refractivity contribution in [2.24, 2.45) is 10.9 Å². The molecule has 4 aromatic rings. The third-order valence-corrected chi connectivity index (χ3v) is 7.22. The second-order valence-corrected chi connectivity index (χ2v) is 9.81. The fraction of sp³-hybridized carbons (Fsp3) is 0.133. The van der Waals surface area contributed by atoms with Gasteiger partial charge >= 0.3 is 0 Å². The number of nitrogens with zero attached hydrogens (tertiary/aromatic N) is 6. The van der Waals surface area contributed by atoms with E-state index in [9.17, 15) is 16.8 Å². The standard InChI is InChI=1S/C15H15N9O4S2/c16-5-6-29(25,26)11-3-2-10(9-1-4-12-19-18-8-24(12)7-9)13(14(11)30(17,27)28)15-20-22-23-21-15/h1-4,7-8H,5-6,16H2,(H2,17,27,28)(H,20,21,22,23). The van der Waals surface area contributed by atoms with Gasteiger partial charge in [0.05, 0.1) is 10.6 Å². The highest BCUT2D eigenvalue weighted by molar-refractivity contribution is 7.93. The molecule has 0 aliphatic carbocycles. The third-order valence-electron chi connectivity index (χ3n) is 4.31. The van der Waals surface area contributed by atoms with Gasteiger partial charge in [0.15, 0.2) is 21.3 Å². The number of sulfone groups is 1. The molecule has 13 nitrogen and oxygen atoms in total. The number of rotatable bonds is 6. The molecule has 15 heteroatoms. The average molecular weight is 449 g/mol. The smallest absolute Gasteiger partial charge is 0.240 e. The van der Waals surface area contributed by atoms with Crippen LogP contribution in [0.2, 0.25) is 0 Å². The second kappa shape index (κ2) is 7.21. The van der Waals surface area contributed by atoms with Crippen LogP contribution >= 0.6 is 0 Å². The van der Waals surface area contributed by atoms with E-state index in [0.29, 0.717) is 16.8 Å². The van der Waals surface area contributed by atoms with Crippen molar-refractivity contribution in [1.29, 1.82) is 0 Å². The number of aromatic amines is 1. The minimum Gasteiger partial charge on any atom is -0.329 e. The van der Waals surface area contributed by atoms with Crippen LogP contribution in [0, 0.1) is 0 Å². The van der Waals surface area contributed by atoms with E-state index in [1.54, 1.807) is 22.7 Å². The van der Waals surface area contributed by atoms with Gasteiger partial charge in [-0.1, -0.05) is 6.07 Å². The Hall–Kier alpha value is -3.27. The molecule has 5 N–H and O–H groups in total. The van der Waals surface area contributed by atoms with Crippen molar-refractivity contribution in [3.63, 3.8) is 0 Å². The molecule has 0 unspecified atom stereocenters. The number of sulfonamides is 1. The number of hydrogen-bond donors (Lipinski definition) is 3. The Morgan fingerprint density at radius 3 is 2.53 bits per heavy atom. The minimum absolute atomic E-state index is 0.0670. The fourth-order valence-electron chi connectivity index (χ4n) is 3.08. The van der Waals surface area contributed by atoms with Crippen LogP contribution in [0.3, 0.4) is 0 Å². The lowest BCUT2D eigenvalue weighted by Crippen LogP contribution is -2.22. The third kappa shape index (κ3) is 3.43. The number of nitrogens with two attached hydrogens (primary N) is 2. The number of tetrazole rings is 1. The zero-order chi connectivity index (χ0) is 21.5. The first kappa shape index (κ1) is 20.0. The lowest BCUT2D eigenvalue weighted by molar-refractivity contribution is 0.583. The second-order valence-electron chi connectivity index (χ2n) is 6.23. The van der Waals surface area contributed by atoms with Crippen molar-refractivity contribution >= 4 is 25.5 Å². The van der Waals surface area contributed by atoms with E-state index in [1.807, 2.05) is 0 Å². The van der Waals surface area contributed by atoms with Crippen LogP contribution in [-0.4, -0.2) is 64.4 Å². The summed E-state index contributed by atoms with van der Waals surface area (Å²) in [5.41, 5.74) is 6.75. The first-order chi connectivity index (χ1) is 14.2. The van der Waals surface area contributed by atoms with E-state index < -0.39 is 35.4 Å². The molecule has 0 atom stereocenters. The number of nitrogens with one attached hydrogen (secondary N) is 1. The highest BCUT2D eigenvalue weighted by atomic mass is 32.2. The predicted molar refractivity (Wildman–Crippen MR) is 104 cm³/mol. The zero-order valence-corrected chi connectivity index (χ0v) is 16.8. The molecule has 0 saturated heterocycles. The van der Waals surface area contributed by atoms with Gasteiger partial charge in [-0.2, -0.15) is 0 Å². The summed E-state index contributed by atoms with van der Waals surface area (Å²) in [6.45, 7) is -0.197. The molecule has 0 fully saturated rings. The minimum atomic E-state index is -4.52. The summed E-state index contributed by atoms with van der Waals surface area (Å²) >= 11 is 0. The van der Waals surface area contributed by atoms with Crippen LogP contribution in [0.5, 0.6) is 0 Å². The van der Waals surface area contributed by atoms with Crippen LogP contribution in [-0.2, 0) is 19.9 Å². The molecule has 3 heterocycles. The molecule has 1 aromatic carbocycles. The van der Waals surface area contributed by atoms with E-state index in [2.05, 4.69) is 30.8 Å². The number of aromatic nitrogens is 7. The Kier molecular flexibility index (Phi) is 4.81. The van der Waals surface area contributed by atoms with Crippen molar-refractivity contribution in [1.82, 2.24) is 35.2 Å². The van der Waals surface area contributed by atoms with E-state index >= 15 is 0 Å². The van der Waals surface area contributed by atoms with Gasteiger partial charge in [-0.3, -0.25) is 4.40 Å². The van der Waals surface area contributed by atoms with Gasteiger partial charge in [0.1, 0.15) is 11.2 Å². The molecule has 4 rings (SSSR count). The monoisotopic (exact) mass is 449 g/mol. The van der Waals surface area contributed by atoms with Gasteiger partial charge in [-0.25, -0.2) is 27.1 Å². The van der Waals surface area contributed by atoms with Gasteiger partial charge < -0.3 is 5.73 Å². The maximum Gasteiger partial charge on any atom is 0.240 e. The molecular weight excluding hydrogens is 434 g/mol. The lowest BCUT2D eigenvalue weighted by atomic mass is 10.0. The summed E-state index contributed by atoms with van der Waals surface area (Å²) in [5, 5.41) is 26.4. The number of H-pyrrole nitrogens is 1. The largest absolute Gasteiger partial charge is 0.329 e. The Morgan fingerprint density at radius 1 is 1.07 bits per heavy atom. The van der Waals surface area contributed by atoms with Crippen molar-refractivity contribution in [2.45, 2.75) is 9.79 Å². The first-order valence-electron chi connectivity index (χ1n) is 8.39. The van der Waals surface area contributed by atoms with E-state index in [0.717, 1.165) is 0 Å². The summed E-state index contributed by atoms with van der Waals surface area (Å²) in [4.78, 5) is -1.09. The van der Waals surface area contributed by atoms with Crippen LogP contribution in [0.25, 0.3) is 28.2 Å². The van der Waals surface area contributed by atoms with Gasteiger partial charge in [0.25, 0.3) is 0 Å². The van der Waals surface area contributed by atoms with Crippen molar-refractivity contribution in [2.75, 3.05) is 12.3 Å². The van der Waals surface area contributed by atoms with Crippen molar-refractivity contribution in [3.8, 4) is 22.5 Å². The van der Waals surface area contributed by atoms with Crippen LogP contribution < -0.4 is 10.9 Å². The topological polar surface area (TPSA) is 205 Å². The zero-order valence-electron chi connectivity index (χ0n) is 15.2. The fourth-order valence-corrected chi connectivity index (χ4v) is 5.84. The summed E-state index contributed by atoms with van der Waals surface area (Å²) in [6, 6.07) is 5.99. The van der Waals surface area contributed by atoms with Crippen LogP contribution in [0.4, 0.5) is 0 Å². The summed E-state index contributed by atoms with van der Waals surface area (Å²) in [6.07, 6.45) is 3.12. The normalized spacial score (nSPS) is 12.5. The van der Waals surface area contributed by atoms with Gasteiger partial charge in [-0.05, 0) is 39.8 Å². The van der Waals surface area contributed by atoms with Gasteiger partial charge in [0, 0.05) is 18.3 Å². The van der Waals surface area contributed by atoms with Gasteiger partial charge in [0.2, 0.25) is 10.0 Å². The number of hydrogen-bond acceptors (Lipinski definition) is 10. The number of benzene rings is 1.